The first-order valence-electron chi connectivity index (χ1n) is 11.4. The highest BCUT2D eigenvalue weighted by Gasteiger charge is 2.31. The number of ether oxygens (including phenoxy) is 1. The highest BCUT2D eigenvalue weighted by atomic mass is 16.5. The molecular formula is C27H42O5. The van der Waals surface area contributed by atoms with Crippen LogP contribution in [0.5, 0.6) is 0 Å². The van der Waals surface area contributed by atoms with Gasteiger partial charge in [0.15, 0.2) is 0 Å². The fraction of sp³-hybridized carbons (Fsp3) is 0.519. The summed E-state index contributed by atoms with van der Waals surface area (Å²) >= 11 is 0. The molecule has 0 spiro atoms. The number of aliphatic hydroxyl groups excluding tert-OH is 3. The number of aliphatic hydroxyl groups is 3. The average Bonchev–Trinajstić information content (AvgIpc) is 2.76. The summed E-state index contributed by atoms with van der Waals surface area (Å²) in [6.07, 6.45) is 27.6. The minimum Gasteiger partial charge on any atom is -0.462 e. The standard InChI is InChI=1S/C27H42O5/c1-4-5-6-7-8-9-10-11-12-13-14-15-16-17-18-19-20-24(29)21-27(2,3)26(31)32-23-25(30)22-28/h5-6,8-9,11-12,14-15,17-20,24-25,28-30H,4,7,10,13,16,21-23H2,1-3H3/b6-5-,9-8-,12-11-,15-14-,18-17-,20-19+. The summed E-state index contributed by atoms with van der Waals surface area (Å²) in [6, 6.07) is 0. The van der Waals surface area contributed by atoms with Gasteiger partial charge in [0.05, 0.1) is 18.1 Å². The second-order valence-electron chi connectivity index (χ2n) is 8.14. The molecule has 0 saturated carbocycles. The number of rotatable bonds is 17. The van der Waals surface area contributed by atoms with Crippen LogP contribution in [0.15, 0.2) is 72.9 Å². The number of allylic oxidation sites excluding steroid dienone is 11. The number of carbonyl (C=O) groups is 1. The van der Waals surface area contributed by atoms with Gasteiger partial charge in [0, 0.05) is 0 Å². The Bertz CT molecular complexity index is 653. The minimum atomic E-state index is -1.09. The molecule has 5 nitrogen and oxygen atoms in total. The monoisotopic (exact) mass is 446 g/mol. The molecule has 3 N–H and O–H groups in total. The van der Waals surface area contributed by atoms with Crippen molar-refractivity contribution >= 4 is 5.97 Å². The third-order valence-electron chi connectivity index (χ3n) is 4.46. The summed E-state index contributed by atoms with van der Waals surface area (Å²) in [5.41, 5.74) is -0.902. The van der Waals surface area contributed by atoms with Gasteiger partial charge in [0.2, 0.25) is 0 Å². The molecule has 5 heteroatoms. The lowest BCUT2D eigenvalue weighted by atomic mass is 9.86. The highest BCUT2D eigenvalue weighted by Crippen LogP contribution is 2.25. The lowest BCUT2D eigenvalue weighted by molar-refractivity contribution is -0.159. The van der Waals surface area contributed by atoms with Crippen molar-refractivity contribution in [2.75, 3.05) is 13.2 Å². The van der Waals surface area contributed by atoms with E-state index in [1.165, 1.54) is 0 Å². The first kappa shape index (κ1) is 29.8. The Morgan fingerprint density at radius 2 is 1.34 bits per heavy atom. The van der Waals surface area contributed by atoms with Crippen molar-refractivity contribution in [2.24, 2.45) is 5.41 Å². The zero-order valence-electron chi connectivity index (χ0n) is 19.9. The summed E-state index contributed by atoms with van der Waals surface area (Å²) in [6.45, 7) is 4.76. The Labute approximate surface area is 194 Å². The second-order valence-corrected chi connectivity index (χ2v) is 8.14. The summed E-state index contributed by atoms with van der Waals surface area (Å²) in [7, 11) is 0. The molecule has 0 aliphatic rings. The fourth-order valence-corrected chi connectivity index (χ4v) is 2.60. The Hall–Kier alpha value is -2.21. The van der Waals surface area contributed by atoms with Gasteiger partial charge in [0.1, 0.15) is 12.7 Å². The fourth-order valence-electron chi connectivity index (χ4n) is 2.60. The molecule has 0 aromatic rings. The first-order valence-corrected chi connectivity index (χ1v) is 11.4. The van der Waals surface area contributed by atoms with Crippen LogP contribution in [-0.2, 0) is 9.53 Å². The minimum absolute atomic E-state index is 0.197. The Kier molecular flexibility index (Phi) is 18.1. The van der Waals surface area contributed by atoms with Crippen molar-refractivity contribution in [3.63, 3.8) is 0 Å². The molecule has 0 fully saturated rings. The van der Waals surface area contributed by atoms with E-state index in [-0.39, 0.29) is 13.0 Å². The van der Waals surface area contributed by atoms with Crippen LogP contribution in [0, 0.1) is 5.41 Å². The molecule has 2 atom stereocenters. The molecule has 0 aromatic heterocycles. The van der Waals surface area contributed by atoms with Gasteiger partial charge < -0.3 is 20.1 Å². The maximum atomic E-state index is 12.1. The number of hydrogen-bond acceptors (Lipinski definition) is 5. The molecule has 0 aliphatic heterocycles. The second kappa shape index (κ2) is 19.5. The maximum Gasteiger partial charge on any atom is 0.311 e. The third kappa shape index (κ3) is 17.5. The molecule has 180 valence electrons. The quantitative estimate of drug-likeness (QED) is 0.167. The van der Waals surface area contributed by atoms with Crippen molar-refractivity contribution in [1.82, 2.24) is 0 Å². The van der Waals surface area contributed by atoms with Gasteiger partial charge in [-0.3, -0.25) is 4.79 Å². The highest BCUT2D eigenvalue weighted by molar-refractivity contribution is 5.76. The van der Waals surface area contributed by atoms with Crippen LogP contribution in [0.4, 0.5) is 0 Å². The molecule has 0 bridgehead atoms. The van der Waals surface area contributed by atoms with Crippen molar-refractivity contribution in [3.8, 4) is 0 Å². The summed E-state index contributed by atoms with van der Waals surface area (Å²) in [5, 5.41) is 28.1. The number of carbonyl (C=O) groups excluding carboxylic acids is 1. The predicted octanol–water partition coefficient (Wildman–Crippen LogP) is 4.97. The summed E-state index contributed by atoms with van der Waals surface area (Å²) < 4.78 is 4.98. The van der Waals surface area contributed by atoms with Gasteiger partial charge in [0.25, 0.3) is 0 Å². The van der Waals surface area contributed by atoms with E-state index < -0.39 is 30.2 Å². The van der Waals surface area contributed by atoms with Crippen molar-refractivity contribution in [2.45, 2.75) is 71.5 Å². The lowest BCUT2D eigenvalue weighted by Gasteiger charge is -2.24. The van der Waals surface area contributed by atoms with E-state index in [9.17, 15) is 15.0 Å². The van der Waals surface area contributed by atoms with E-state index in [1.807, 2.05) is 12.2 Å². The van der Waals surface area contributed by atoms with Gasteiger partial charge >= 0.3 is 5.97 Å². The molecule has 0 rings (SSSR count). The van der Waals surface area contributed by atoms with E-state index in [1.54, 1.807) is 26.0 Å². The smallest absolute Gasteiger partial charge is 0.311 e. The molecular weight excluding hydrogens is 404 g/mol. The molecule has 0 amide bonds. The zero-order valence-corrected chi connectivity index (χ0v) is 19.9. The van der Waals surface area contributed by atoms with Crippen LogP contribution < -0.4 is 0 Å². The van der Waals surface area contributed by atoms with Gasteiger partial charge in [-0.2, -0.15) is 0 Å². The Balaban J connectivity index is 4.05. The van der Waals surface area contributed by atoms with Gasteiger partial charge in [-0.15, -0.1) is 0 Å². The summed E-state index contributed by atoms with van der Waals surface area (Å²) in [5.74, 6) is -0.521. The number of hydrogen-bond donors (Lipinski definition) is 3. The zero-order chi connectivity index (χ0) is 24.1. The molecule has 2 unspecified atom stereocenters. The van der Waals surface area contributed by atoms with E-state index >= 15 is 0 Å². The normalized spacial score (nSPS) is 15.3. The summed E-state index contributed by atoms with van der Waals surface area (Å²) in [4.78, 5) is 12.1. The van der Waals surface area contributed by atoms with Crippen molar-refractivity contribution < 1.29 is 24.9 Å². The van der Waals surface area contributed by atoms with Crippen molar-refractivity contribution in [1.29, 1.82) is 0 Å². The largest absolute Gasteiger partial charge is 0.462 e. The van der Waals surface area contributed by atoms with Crippen LogP contribution in [0.3, 0.4) is 0 Å². The van der Waals surface area contributed by atoms with Crippen LogP contribution in [0.1, 0.15) is 59.3 Å². The van der Waals surface area contributed by atoms with Crippen LogP contribution >= 0.6 is 0 Å². The topological polar surface area (TPSA) is 87.0 Å². The van der Waals surface area contributed by atoms with Crippen LogP contribution in [0.25, 0.3) is 0 Å². The lowest BCUT2D eigenvalue weighted by Crippen LogP contribution is -2.33. The average molecular weight is 447 g/mol. The third-order valence-corrected chi connectivity index (χ3v) is 4.46. The van der Waals surface area contributed by atoms with Gasteiger partial charge in [-0.25, -0.2) is 0 Å². The van der Waals surface area contributed by atoms with E-state index in [4.69, 9.17) is 9.84 Å². The molecule has 0 radical (unpaired) electrons. The van der Waals surface area contributed by atoms with E-state index in [0.29, 0.717) is 0 Å². The Morgan fingerprint density at radius 3 is 1.84 bits per heavy atom. The van der Waals surface area contributed by atoms with Crippen LogP contribution in [-0.4, -0.2) is 46.7 Å². The van der Waals surface area contributed by atoms with Gasteiger partial charge in [-0.1, -0.05) is 79.8 Å². The number of esters is 1. The van der Waals surface area contributed by atoms with E-state index in [0.717, 1.165) is 32.1 Å². The SMILES string of the molecule is CC/C=C\C/C=C\C/C=C\C/C=C\C/C=C\C=C\C(O)CC(C)(C)C(=O)OCC(O)CO. The molecule has 0 saturated heterocycles. The van der Waals surface area contributed by atoms with Crippen molar-refractivity contribution in [3.05, 3.63) is 72.9 Å². The molecule has 32 heavy (non-hydrogen) atoms. The molecule has 0 aromatic carbocycles. The maximum absolute atomic E-state index is 12.1. The van der Waals surface area contributed by atoms with Crippen LogP contribution in [0.2, 0.25) is 0 Å². The predicted molar refractivity (Wildman–Crippen MR) is 132 cm³/mol. The first-order chi connectivity index (χ1) is 15.3. The van der Waals surface area contributed by atoms with E-state index in [2.05, 4.69) is 55.5 Å². The molecule has 0 heterocycles. The van der Waals surface area contributed by atoms with Gasteiger partial charge in [-0.05, 0) is 52.4 Å². The Morgan fingerprint density at radius 1 is 0.844 bits per heavy atom. The molecule has 0 aliphatic carbocycles.